The topological polar surface area (TPSA) is 0 Å². The van der Waals surface area contributed by atoms with E-state index in [9.17, 15) is 0 Å². The Labute approximate surface area is 169 Å². The number of aryl methyl sites for hydroxylation is 2. The van der Waals surface area contributed by atoms with Crippen LogP contribution in [0.5, 0.6) is 0 Å². The average molecular weight is 479 g/mol. The molecule has 0 N–H and O–H groups in total. The van der Waals surface area contributed by atoms with Crippen molar-refractivity contribution in [3.05, 3.63) is 83.9 Å². The Morgan fingerprint density at radius 2 is 1.15 bits per heavy atom. The molecule has 4 rings (SSSR count). The Morgan fingerprint density at radius 1 is 0.667 bits per heavy atom. The second kappa shape index (κ2) is 8.09. The average Bonchev–Trinajstić information content (AvgIpc) is 2.68. The fourth-order valence-electron chi connectivity index (χ4n) is 4.14. The van der Waals surface area contributed by atoms with E-state index in [4.69, 9.17) is 0 Å². The van der Waals surface area contributed by atoms with Gasteiger partial charge >= 0.3 is 170 Å². The van der Waals surface area contributed by atoms with E-state index in [-0.39, 0.29) is 0 Å². The van der Waals surface area contributed by atoms with Crippen LogP contribution in [0, 0.1) is 0 Å². The molecule has 0 heterocycles. The first kappa shape index (κ1) is 19.2. The number of fused-ring (bicyclic) bond motifs is 1. The van der Waals surface area contributed by atoms with Crippen LogP contribution in [-0.2, 0) is 12.8 Å². The Balaban J connectivity index is 1.97. The molecule has 2 heteroatoms. The van der Waals surface area contributed by atoms with Crippen molar-refractivity contribution in [2.24, 2.45) is 0 Å². The summed E-state index contributed by atoms with van der Waals surface area (Å²) < 4.78 is 1.74. The van der Waals surface area contributed by atoms with Crippen molar-refractivity contribution in [2.45, 2.75) is 40.5 Å². The quantitative estimate of drug-likeness (QED) is 0.370. The van der Waals surface area contributed by atoms with Crippen LogP contribution >= 0.6 is 7.92 Å². The summed E-state index contributed by atoms with van der Waals surface area (Å²) in [6.07, 6.45) is 5.24. The molecule has 0 radical (unpaired) electrons. The van der Waals surface area contributed by atoms with Gasteiger partial charge in [-0.2, -0.15) is 0 Å². The number of hydrogen-bond acceptors (Lipinski definition) is 0. The first-order chi connectivity index (χ1) is 13.0. The van der Waals surface area contributed by atoms with E-state index in [1.54, 1.807) is 20.0 Å². The predicted molar refractivity (Wildman–Crippen MR) is 125 cm³/mol. The molecule has 0 aliphatic heterocycles. The van der Waals surface area contributed by atoms with E-state index in [0.29, 0.717) is 0 Å². The fourth-order valence-corrected chi connectivity index (χ4v) is 13.9. The van der Waals surface area contributed by atoms with Crippen LogP contribution in [0.1, 0.15) is 24.0 Å². The minimum absolute atomic E-state index is 0.494. The number of hydrogen-bond donors (Lipinski definition) is 0. The predicted octanol–water partition coefficient (Wildman–Crippen LogP) is 4.87. The molecule has 0 spiro atoms. The van der Waals surface area contributed by atoms with Gasteiger partial charge in [0, 0.05) is 0 Å². The van der Waals surface area contributed by atoms with Crippen LogP contribution in [0.15, 0.2) is 72.8 Å². The van der Waals surface area contributed by atoms with E-state index < -0.39 is 26.3 Å². The summed E-state index contributed by atoms with van der Waals surface area (Å²) in [5, 5.41) is 4.60. The van der Waals surface area contributed by atoms with Crippen molar-refractivity contribution in [2.75, 3.05) is 0 Å². The zero-order chi connectivity index (χ0) is 18.9. The maximum absolute atomic E-state index is 2.64. The second-order valence-corrected chi connectivity index (χ2v) is 25.2. The molecule has 0 bridgehead atoms. The molecule has 3 aromatic rings. The van der Waals surface area contributed by atoms with Gasteiger partial charge in [-0.1, -0.05) is 0 Å². The van der Waals surface area contributed by atoms with E-state index in [1.165, 1.54) is 36.3 Å². The monoisotopic (exact) mass is 480 g/mol. The number of benzene rings is 3. The molecular formula is C25H29PSn. The summed E-state index contributed by atoms with van der Waals surface area (Å²) in [6, 6.07) is 27.7. The summed E-state index contributed by atoms with van der Waals surface area (Å²) in [5.74, 6) is 0. The van der Waals surface area contributed by atoms with Crippen molar-refractivity contribution >= 4 is 45.8 Å². The zero-order valence-corrected chi connectivity index (χ0v) is 20.5. The first-order valence-corrected chi connectivity index (χ1v) is 21.4. The van der Waals surface area contributed by atoms with Crippen molar-refractivity contribution in [1.29, 1.82) is 0 Å². The van der Waals surface area contributed by atoms with Crippen molar-refractivity contribution in [3.8, 4) is 0 Å². The van der Waals surface area contributed by atoms with Crippen molar-refractivity contribution < 1.29 is 0 Å². The van der Waals surface area contributed by atoms with E-state index in [1.807, 2.05) is 0 Å². The normalized spacial score (nSPS) is 14.2. The van der Waals surface area contributed by atoms with Crippen molar-refractivity contribution in [1.82, 2.24) is 0 Å². The van der Waals surface area contributed by atoms with Gasteiger partial charge in [0.25, 0.3) is 0 Å². The third-order valence-corrected chi connectivity index (χ3v) is 14.4. The molecule has 1 aliphatic rings. The van der Waals surface area contributed by atoms with Crippen LogP contribution in [-0.4, -0.2) is 18.4 Å². The number of rotatable bonds is 4. The standard InChI is InChI=1S/C22H20P.3CH3.Sn/c1-3-11-20(12-4-1)23(21-13-5-2-6-14-21)22-16-15-18-9-7-8-10-19(18)17-22;;;;/h1-6,11-15,17H,7-10H2;3*1H3;. The van der Waals surface area contributed by atoms with Gasteiger partial charge in [0.15, 0.2) is 0 Å². The van der Waals surface area contributed by atoms with E-state index >= 15 is 0 Å². The van der Waals surface area contributed by atoms with Gasteiger partial charge in [-0.15, -0.1) is 0 Å². The van der Waals surface area contributed by atoms with Crippen LogP contribution in [0.25, 0.3) is 0 Å². The zero-order valence-electron chi connectivity index (χ0n) is 16.7. The summed E-state index contributed by atoms with van der Waals surface area (Å²) in [4.78, 5) is 7.73. The van der Waals surface area contributed by atoms with E-state index in [2.05, 4.69) is 87.6 Å². The van der Waals surface area contributed by atoms with Crippen LogP contribution in [0.4, 0.5) is 0 Å². The molecule has 1 aliphatic carbocycles. The molecule has 0 nitrogen and oxygen atoms in total. The summed E-state index contributed by atoms with van der Waals surface area (Å²) in [6.45, 7) is 0. The molecular weight excluding hydrogens is 450 g/mol. The van der Waals surface area contributed by atoms with Crippen LogP contribution in [0.2, 0.25) is 14.8 Å². The minimum atomic E-state index is -2.27. The Bertz CT molecular complexity index is 871. The van der Waals surface area contributed by atoms with Crippen molar-refractivity contribution in [3.63, 3.8) is 0 Å². The molecule has 3 aromatic carbocycles. The van der Waals surface area contributed by atoms with Crippen LogP contribution < -0.4 is 19.5 Å². The third-order valence-electron chi connectivity index (χ3n) is 5.54. The first-order valence-electron chi connectivity index (χ1n) is 10.1. The summed E-state index contributed by atoms with van der Waals surface area (Å²) >= 11 is -2.27. The Hall–Kier alpha value is -1.11. The van der Waals surface area contributed by atoms with Gasteiger partial charge < -0.3 is 0 Å². The Morgan fingerprint density at radius 3 is 1.63 bits per heavy atom. The molecule has 138 valence electrons. The van der Waals surface area contributed by atoms with Gasteiger partial charge in [0.1, 0.15) is 0 Å². The molecule has 0 fully saturated rings. The van der Waals surface area contributed by atoms with Crippen LogP contribution in [0.3, 0.4) is 0 Å². The van der Waals surface area contributed by atoms with Gasteiger partial charge in [-0.05, 0) is 0 Å². The van der Waals surface area contributed by atoms with Gasteiger partial charge in [-0.3, -0.25) is 0 Å². The maximum atomic E-state index is 2.64. The summed E-state index contributed by atoms with van der Waals surface area (Å²) in [5.41, 5.74) is 3.26. The molecule has 0 saturated carbocycles. The van der Waals surface area contributed by atoms with E-state index in [0.717, 1.165) is 0 Å². The molecule has 27 heavy (non-hydrogen) atoms. The summed E-state index contributed by atoms with van der Waals surface area (Å²) in [7, 11) is -0.494. The molecule has 0 saturated heterocycles. The Kier molecular flexibility index (Phi) is 5.76. The molecule has 0 aromatic heterocycles. The molecule has 0 amide bonds. The third kappa shape index (κ3) is 4.17. The SMILES string of the molecule is [CH3][Sn]([CH3])([CH3])[c]1cc2c(cc1P(c1ccccc1)c1ccccc1)CCCC2. The second-order valence-electron chi connectivity index (χ2n) is 8.60. The van der Waals surface area contributed by atoms with Gasteiger partial charge in [0.2, 0.25) is 0 Å². The molecule has 0 atom stereocenters. The van der Waals surface area contributed by atoms with Gasteiger partial charge in [-0.25, -0.2) is 0 Å². The molecule has 0 unspecified atom stereocenters. The fraction of sp³-hybridized carbons (Fsp3) is 0.280. The van der Waals surface area contributed by atoms with Gasteiger partial charge in [0.05, 0.1) is 0 Å².